The number of nitrogens with zero attached hydrogens (tertiary/aromatic N) is 2. The van der Waals surface area contributed by atoms with E-state index in [0.717, 1.165) is 23.2 Å². The van der Waals surface area contributed by atoms with Crippen LogP contribution in [0.15, 0.2) is 64.2 Å². The highest BCUT2D eigenvalue weighted by Crippen LogP contribution is 2.19. The van der Waals surface area contributed by atoms with Crippen LogP contribution < -0.4 is 27.2 Å². The van der Waals surface area contributed by atoms with Gasteiger partial charge in [-0.05, 0) is 36.6 Å². The second kappa shape index (κ2) is 10.5. The van der Waals surface area contributed by atoms with Crippen LogP contribution in [0.5, 0.6) is 0 Å². The van der Waals surface area contributed by atoms with Crippen molar-refractivity contribution in [3.05, 3.63) is 86.6 Å². The molecular weight excluding hydrogens is 406 g/mol. The van der Waals surface area contributed by atoms with E-state index in [1.807, 2.05) is 68.4 Å². The summed E-state index contributed by atoms with van der Waals surface area (Å²) in [7, 11) is 0. The van der Waals surface area contributed by atoms with Crippen LogP contribution >= 0.6 is 0 Å². The van der Waals surface area contributed by atoms with Crippen molar-refractivity contribution in [2.75, 3.05) is 29.0 Å². The van der Waals surface area contributed by atoms with Gasteiger partial charge in [0.1, 0.15) is 5.82 Å². The Balaban J connectivity index is 1.93. The zero-order valence-corrected chi connectivity index (χ0v) is 18.4. The highest BCUT2D eigenvalue weighted by atomic mass is 16.2. The van der Waals surface area contributed by atoms with E-state index in [4.69, 9.17) is 5.73 Å². The lowest BCUT2D eigenvalue weighted by Crippen LogP contribution is -2.43. The second-order valence-electron chi connectivity index (χ2n) is 7.69. The van der Waals surface area contributed by atoms with Crippen LogP contribution in [0.1, 0.15) is 30.9 Å². The van der Waals surface area contributed by atoms with Gasteiger partial charge in [0.15, 0.2) is 5.69 Å². The number of hydrogen-bond acceptors (Lipinski definition) is 5. The van der Waals surface area contributed by atoms with E-state index < -0.39 is 11.2 Å². The fourth-order valence-corrected chi connectivity index (χ4v) is 3.47. The topological polar surface area (TPSA) is 113 Å². The van der Waals surface area contributed by atoms with E-state index in [1.54, 1.807) is 0 Å². The molecular formula is C24H29N5O3. The van der Waals surface area contributed by atoms with Crippen molar-refractivity contribution in [1.82, 2.24) is 9.55 Å². The number of amides is 1. The van der Waals surface area contributed by atoms with Crippen LogP contribution in [0.2, 0.25) is 0 Å². The van der Waals surface area contributed by atoms with Gasteiger partial charge in [0.2, 0.25) is 5.91 Å². The lowest BCUT2D eigenvalue weighted by molar-refractivity contribution is -0.117. The summed E-state index contributed by atoms with van der Waals surface area (Å²) >= 11 is 0. The summed E-state index contributed by atoms with van der Waals surface area (Å²) in [6.07, 6.45) is 1.52. The molecule has 0 aliphatic carbocycles. The lowest BCUT2D eigenvalue weighted by atomic mass is 10.2. The molecule has 0 saturated carbocycles. The van der Waals surface area contributed by atoms with E-state index >= 15 is 0 Å². The predicted octanol–water partition coefficient (Wildman–Crippen LogP) is 2.72. The third kappa shape index (κ3) is 5.46. The number of anilines is 3. The van der Waals surface area contributed by atoms with Crippen molar-refractivity contribution in [3.8, 4) is 0 Å². The average molecular weight is 436 g/mol. The Morgan fingerprint density at radius 2 is 1.88 bits per heavy atom. The molecule has 0 bridgehead atoms. The first-order valence-electron chi connectivity index (χ1n) is 10.7. The number of rotatable bonds is 9. The molecule has 3 rings (SSSR count). The average Bonchev–Trinajstić information content (AvgIpc) is 2.78. The first-order chi connectivity index (χ1) is 15.4. The van der Waals surface area contributed by atoms with Gasteiger partial charge in [0.05, 0.1) is 13.1 Å². The van der Waals surface area contributed by atoms with Gasteiger partial charge in [-0.3, -0.25) is 19.1 Å². The molecule has 1 heterocycles. The molecule has 0 unspecified atom stereocenters. The van der Waals surface area contributed by atoms with E-state index in [-0.39, 0.29) is 30.5 Å². The lowest BCUT2D eigenvalue weighted by Gasteiger charge is -2.25. The Kier molecular flexibility index (Phi) is 7.49. The van der Waals surface area contributed by atoms with E-state index in [1.165, 1.54) is 9.47 Å². The minimum Gasteiger partial charge on any atom is -0.383 e. The van der Waals surface area contributed by atoms with Crippen LogP contribution in [-0.2, 0) is 11.3 Å². The van der Waals surface area contributed by atoms with Gasteiger partial charge in [-0.15, -0.1) is 0 Å². The first kappa shape index (κ1) is 22.9. The molecule has 0 spiro atoms. The number of aryl methyl sites for hydroxylation is 1. The Bertz CT molecular complexity index is 1180. The Morgan fingerprint density at radius 1 is 1.12 bits per heavy atom. The van der Waals surface area contributed by atoms with Gasteiger partial charge in [0.25, 0.3) is 5.56 Å². The van der Waals surface area contributed by atoms with E-state index in [9.17, 15) is 14.4 Å². The van der Waals surface area contributed by atoms with Crippen molar-refractivity contribution in [3.63, 3.8) is 0 Å². The number of nitrogens with one attached hydrogen (secondary N) is 2. The normalized spacial score (nSPS) is 10.7. The third-order valence-electron chi connectivity index (χ3n) is 5.17. The molecule has 1 aromatic heterocycles. The molecule has 3 aromatic rings. The maximum Gasteiger partial charge on any atom is 0.330 e. The number of nitrogens with two attached hydrogens (primary N) is 1. The van der Waals surface area contributed by atoms with E-state index in [0.29, 0.717) is 13.0 Å². The molecule has 168 valence electrons. The van der Waals surface area contributed by atoms with Crippen molar-refractivity contribution in [2.24, 2.45) is 0 Å². The Morgan fingerprint density at radius 3 is 2.56 bits per heavy atom. The summed E-state index contributed by atoms with van der Waals surface area (Å²) in [6, 6.07) is 17.0. The smallest absolute Gasteiger partial charge is 0.330 e. The molecule has 0 saturated heterocycles. The molecule has 0 atom stereocenters. The molecule has 0 aliphatic rings. The molecule has 0 radical (unpaired) electrons. The fraction of sp³-hybridized carbons (Fsp3) is 0.292. The fourth-order valence-electron chi connectivity index (χ4n) is 3.47. The molecule has 4 N–H and O–H groups in total. The molecule has 8 heteroatoms. The molecule has 0 aliphatic heterocycles. The summed E-state index contributed by atoms with van der Waals surface area (Å²) in [5.74, 6) is -0.329. The standard InChI is InChI=1S/C24H29N5O3/c1-3-4-13-28(20(30)15-26-19-12-8-9-17(2)14-19)21-22(25)29(24(32)27-23(21)31)16-18-10-6-5-7-11-18/h5-12,14,26H,3-4,13,15-16,25H2,1-2H3,(H,27,31,32). The minimum absolute atomic E-state index is 0.00465. The zero-order valence-electron chi connectivity index (χ0n) is 18.4. The largest absolute Gasteiger partial charge is 0.383 e. The summed E-state index contributed by atoms with van der Waals surface area (Å²) in [5, 5.41) is 3.10. The highest BCUT2D eigenvalue weighted by molar-refractivity contribution is 5.98. The predicted molar refractivity (Wildman–Crippen MR) is 128 cm³/mol. The van der Waals surface area contributed by atoms with Gasteiger partial charge < -0.3 is 16.0 Å². The first-order valence-corrected chi connectivity index (χ1v) is 10.7. The molecule has 32 heavy (non-hydrogen) atoms. The van der Waals surface area contributed by atoms with Gasteiger partial charge in [-0.2, -0.15) is 0 Å². The maximum atomic E-state index is 13.1. The molecule has 8 nitrogen and oxygen atoms in total. The number of unbranched alkanes of at least 4 members (excludes halogenated alkanes) is 1. The number of benzene rings is 2. The summed E-state index contributed by atoms with van der Waals surface area (Å²) in [4.78, 5) is 42.0. The monoisotopic (exact) mass is 435 g/mol. The summed E-state index contributed by atoms with van der Waals surface area (Å²) in [6.45, 7) is 4.46. The minimum atomic E-state index is -0.670. The Hall–Kier alpha value is -3.81. The van der Waals surface area contributed by atoms with Gasteiger partial charge >= 0.3 is 5.69 Å². The number of carbonyl (C=O) groups is 1. The van der Waals surface area contributed by atoms with Crippen LogP contribution in [0, 0.1) is 6.92 Å². The number of aromatic nitrogens is 2. The van der Waals surface area contributed by atoms with Gasteiger partial charge in [-0.1, -0.05) is 55.8 Å². The van der Waals surface area contributed by atoms with Crippen molar-refractivity contribution >= 4 is 23.1 Å². The second-order valence-corrected chi connectivity index (χ2v) is 7.69. The zero-order chi connectivity index (χ0) is 23.1. The highest BCUT2D eigenvalue weighted by Gasteiger charge is 2.24. The van der Waals surface area contributed by atoms with Crippen molar-refractivity contribution in [2.45, 2.75) is 33.2 Å². The van der Waals surface area contributed by atoms with E-state index in [2.05, 4.69) is 10.3 Å². The maximum absolute atomic E-state index is 13.1. The molecule has 0 fully saturated rings. The van der Waals surface area contributed by atoms with Crippen LogP contribution in [0.25, 0.3) is 0 Å². The SMILES string of the molecule is CCCCN(C(=O)CNc1cccc(C)c1)c1c(N)n(Cc2ccccc2)c(=O)[nH]c1=O. The van der Waals surface area contributed by atoms with Crippen LogP contribution in [0.3, 0.4) is 0 Å². The number of hydrogen-bond donors (Lipinski definition) is 3. The van der Waals surface area contributed by atoms with Gasteiger partial charge in [-0.25, -0.2) is 4.79 Å². The molecule has 1 amide bonds. The number of carbonyl (C=O) groups excluding carboxylic acids is 1. The number of H-pyrrole nitrogens is 1. The van der Waals surface area contributed by atoms with Crippen molar-refractivity contribution < 1.29 is 4.79 Å². The summed E-state index contributed by atoms with van der Waals surface area (Å²) < 4.78 is 1.28. The summed E-state index contributed by atoms with van der Waals surface area (Å²) in [5.41, 5.74) is 7.76. The van der Waals surface area contributed by atoms with Crippen LogP contribution in [-0.4, -0.2) is 28.5 Å². The van der Waals surface area contributed by atoms with Crippen molar-refractivity contribution in [1.29, 1.82) is 0 Å². The number of aromatic amines is 1. The molecule has 2 aromatic carbocycles. The van der Waals surface area contributed by atoms with Gasteiger partial charge in [0, 0.05) is 12.2 Å². The van der Waals surface area contributed by atoms with Crippen LogP contribution in [0.4, 0.5) is 17.2 Å². The quantitative estimate of drug-likeness (QED) is 0.478. The Labute approximate surface area is 186 Å². The third-order valence-corrected chi connectivity index (χ3v) is 5.17. The number of nitrogen functional groups attached to an aromatic ring is 1.